The molecule has 4 heteroatoms. The number of nitrogens with two attached hydrogens (primary N) is 1. The SMILES string of the molecule is COC(=O)C(C)(N)CCCCSC(C)C. The maximum atomic E-state index is 11.3. The van der Waals surface area contributed by atoms with Crippen LogP contribution in [0.4, 0.5) is 0 Å². The molecule has 1 unspecified atom stereocenters. The van der Waals surface area contributed by atoms with Gasteiger partial charge in [-0.1, -0.05) is 20.3 Å². The highest BCUT2D eigenvalue weighted by Crippen LogP contribution is 2.16. The summed E-state index contributed by atoms with van der Waals surface area (Å²) in [5.41, 5.74) is 5.01. The number of esters is 1. The Bertz CT molecular complexity index is 193. The van der Waals surface area contributed by atoms with Crippen molar-refractivity contribution in [2.24, 2.45) is 5.73 Å². The highest BCUT2D eigenvalue weighted by Gasteiger charge is 2.28. The first-order chi connectivity index (χ1) is 6.90. The summed E-state index contributed by atoms with van der Waals surface area (Å²) >= 11 is 1.94. The number of methoxy groups -OCH3 is 1. The summed E-state index contributed by atoms with van der Waals surface area (Å²) in [5, 5.41) is 0.676. The third-order valence-electron chi connectivity index (χ3n) is 2.19. The van der Waals surface area contributed by atoms with Crippen LogP contribution < -0.4 is 5.73 Å². The summed E-state index contributed by atoms with van der Waals surface area (Å²) < 4.78 is 4.64. The number of unbranched alkanes of at least 4 members (excludes halogenated alkanes) is 1. The monoisotopic (exact) mass is 233 g/mol. The van der Waals surface area contributed by atoms with Crippen molar-refractivity contribution in [3.63, 3.8) is 0 Å². The third-order valence-corrected chi connectivity index (χ3v) is 3.38. The van der Waals surface area contributed by atoms with Crippen molar-refractivity contribution >= 4 is 17.7 Å². The lowest BCUT2D eigenvalue weighted by atomic mass is 9.97. The van der Waals surface area contributed by atoms with E-state index in [9.17, 15) is 4.79 Å². The molecule has 2 N–H and O–H groups in total. The first-order valence-corrected chi connectivity index (χ1v) is 6.44. The topological polar surface area (TPSA) is 52.3 Å². The molecule has 3 nitrogen and oxygen atoms in total. The minimum Gasteiger partial charge on any atom is -0.468 e. The van der Waals surface area contributed by atoms with Crippen molar-refractivity contribution in [3.05, 3.63) is 0 Å². The van der Waals surface area contributed by atoms with Crippen LogP contribution >= 0.6 is 11.8 Å². The molecule has 0 saturated carbocycles. The molecule has 1 atom stereocenters. The van der Waals surface area contributed by atoms with E-state index in [-0.39, 0.29) is 5.97 Å². The van der Waals surface area contributed by atoms with Crippen LogP contribution in [0.2, 0.25) is 0 Å². The molecule has 90 valence electrons. The van der Waals surface area contributed by atoms with Gasteiger partial charge in [0.1, 0.15) is 5.54 Å². The largest absolute Gasteiger partial charge is 0.468 e. The molecule has 0 spiro atoms. The van der Waals surface area contributed by atoms with Gasteiger partial charge in [-0.05, 0) is 30.8 Å². The van der Waals surface area contributed by atoms with Gasteiger partial charge in [-0.15, -0.1) is 0 Å². The number of thioether (sulfide) groups is 1. The number of carbonyl (C=O) groups is 1. The van der Waals surface area contributed by atoms with Gasteiger partial charge >= 0.3 is 5.97 Å². The third kappa shape index (κ3) is 6.79. The van der Waals surface area contributed by atoms with Gasteiger partial charge in [0.2, 0.25) is 0 Å². The maximum absolute atomic E-state index is 11.3. The van der Waals surface area contributed by atoms with Crippen LogP contribution in [0.25, 0.3) is 0 Å². The van der Waals surface area contributed by atoms with Crippen molar-refractivity contribution in [1.29, 1.82) is 0 Å². The van der Waals surface area contributed by atoms with E-state index in [0.29, 0.717) is 11.7 Å². The lowest BCUT2D eigenvalue weighted by molar-refractivity contribution is -0.146. The van der Waals surface area contributed by atoms with E-state index >= 15 is 0 Å². The van der Waals surface area contributed by atoms with Gasteiger partial charge in [-0.25, -0.2) is 0 Å². The zero-order chi connectivity index (χ0) is 11.9. The fourth-order valence-electron chi connectivity index (χ4n) is 1.25. The molecular formula is C11H23NO2S. The molecule has 0 aromatic rings. The minimum absolute atomic E-state index is 0.320. The second-order valence-corrected chi connectivity index (χ2v) is 5.97. The highest BCUT2D eigenvalue weighted by molar-refractivity contribution is 7.99. The Kier molecular flexibility index (Phi) is 7.02. The summed E-state index contributed by atoms with van der Waals surface area (Å²) in [6.45, 7) is 6.10. The molecule has 0 radical (unpaired) electrons. The van der Waals surface area contributed by atoms with Crippen LogP contribution in [-0.2, 0) is 9.53 Å². The zero-order valence-electron chi connectivity index (χ0n) is 10.2. The van der Waals surface area contributed by atoms with Gasteiger partial charge in [0, 0.05) is 0 Å². The molecule has 0 aromatic carbocycles. The first kappa shape index (κ1) is 14.8. The molecule has 0 heterocycles. The molecule has 0 aliphatic carbocycles. The molecule has 0 aromatic heterocycles. The number of ether oxygens (including phenoxy) is 1. The standard InChI is InChI=1S/C11H23NO2S/c1-9(2)15-8-6-5-7-11(3,12)10(13)14-4/h9H,5-8,12H2,1-4H3. The first-order valence-electron chi connectivity index (χ1n) is 5.39. The van der Waals surface area contributed by atoms with E-state index in [1.54, 1.807) is 6.92 Å². The zero-order valence-corrected chi connectivity index (χ0v) is 11.0. The van der Waals surface area contributed by atoms with Gasteiger partial charge < -0.3 is 10.5 Å². The molecule has 0 fully saturated rings. The van der Waals surface area contributed by atoms with Gasteiger partial charge in [-0.2, -0.15) is 11.8 Å². The Hall–Kier alpha value is -0.220. The van der Waals surface area contributed by atoms with Crippen LogP contribution in [-0.4, -0.2) is 29.6 Å². The summed E-state index contributed by atoms with van der Waals surface area (Å²) in [7, 11) is 1.38. The average molecular weight is 233 g/mol. The molecule has 0 aliphatic heterocycles. The van der Waals surface area contributed by atoms with Gasteiger partial charge in [0.25, 0.3) is 0 Å². The smallest absolute Gasteiger partial charge is 0.325 e. The number of carbonyl (C=O) groups excluding carboxylic acids is 1. The molecule has 0 saturated heterocycles. The number of hydrogen-bond acceptors (Lipinski definition) is 4. The van der Waals surface area contributed by atoms with Crippen molar-refractivity contribution in [2.75, 3.05) is 12.9 Å². The normalized spacial score (nSPS) is 15.1. The van der Waals surface area contributed by atoms with E-state index in [1.165, 1.54) is 7.11 Å². The Balaban J connectivity index is 3.62. The van der Waals surface area contributed by atoms with Crippen molar-refractivity contribution in [2.45, 2.75) is 50.8 Å². The van der Waals surface area contributed by atoms with Crippen molar-refractivity contribution < 1.29 is 9.53 Å². The Labute approximate surface area is 97.1 Å². The fourth-order valence-corrected chi connectivity index (χ4v) is 2.09. The molecule has 0 amide bonds. The molecule has 0 bridgehead atoms. The van der Waals surface area contributed by atoms with E-state index < -0.39 is 5.54 Å². The minimum atomic E-state index is -0.822. The van der Waals surface area contributed by atoms with Gasteiger partial charge in [0.15, 0.2) is 0 Å². The van der Waals surface area contributed by atoms with E-state index in [4.69, 9.17) is 5.73 Å². The predicted octanol–water partition coefficient (Wildman–Crippen LogP) is 2.19. The summed E-state index contributed by atoms with van der Waals surface area (Å²) in [4.78, 5) is 11.3. The molecule has 0 aliphatic rings. The second kappa shape index (κ2) is 7.12. The summed E-state index contributed by atoms with van der Waals surface area (Å²) in [6, 6.07) is 0. The molecule has 15 heavy (non-hydrogen) atoms. The number of rotatable bonds is 7. The number of hydrogen-bond donors (Lipinski definition) is 1. The quantitative estimate of drug-likeness (QED) is 0.541. The van der Waals surface area contributed by atoms with Crippen LogP contribution in [0.5, 0.6) is 0 Å². The van der Waals surface area contributed by atoms with Crippen LogP contribution in [0.1, 0.15) is 40.0 Å². The Morgan fingerprint density at radius 2 is 2.07 bits per heavy atom. The fraction of sp³-hybridized carbons (Fsp3) is 0.909. The highest BCUT2D eigenvalue weighted by atomic mass is 32.2. The lowest BCUT2D eigenvalue weighted by Crippen LogP contribution is -2.45. The van der Waals surface area contributed by atoms with Crippen molar-refractivity contribution in [1.82, 2.24) is 0 Å². The predicted molar refractivity (Wildman–Crippen MR) is 66.1 cm³/mol. The lowest BCUT2D eigenvalue weighted by Gasteiger charge is -2.21. The van der Waals surface area contributed by atoms with Crippen molar-refractivity contribution in [3.8, 4) is 0 Å². The van der Waals surface area contributed by atoms with Gasteiger partial charge in [0.05, 0.1) is 7.11 Å². The van der Waals surface area contributed by atoms with Gasteiger partial charge in [-0.3, -0.25) is 4.79 Å². The van der Waals surface area contributed by atoms with Crippen LogP contribution in [0.3, 0.4) is 0 Å². The summed E-state index contributed by atoms with van der Waals surface area (Å²) in [6.07, 6.45) is 2.77. The Morgan fingerprint density at radius 1 is 1.47 bits per heavy atom. The van der Waals surface area contributed by atoms with E-state index in [1.807, 2.05) is 11.8 Å². The molecule has 0 rings (SSSR count). The summed E-state index contributed by atoms with van der Waals surface area (Å²) in [5.74, 6) is 0.813. The molecular weight excluding hydrogens is 210 g/mol. The Morgan fingerprint density at radius 3 is 2.53 bits per heavy atom. The van der Waals surface area contributed by atoms with Crippen LogP contribution in [0.15, 0.2) is 0 Å². The van der Waals surface area contributed by atoms with Crippen LogP contribution in [0, 0.1) is 0 Å². The second-order valence-electron chi connectivity index (χ2n) is 4.29. The van der Waals surface area contributed by atoms with E-state index in [0.717, 1.165) is 18.6 Å². The van der Waals surface area contributed by atoms with E-state index in [2.05, 4.69) is 18.6 Å². The average Bonchev–Trinajstić information content (AvgIpc) is 2.15. The maximum Gasteiger partial charge on any atom is 0.325 e.